The Morgan fingerprint density at radius 3 is 2.31 bits per heavy atom. The number of hydrogen-bond donors (Lipinski definition) is 3. The number of carbonyl (C=O) groups is 2. The molecule has 5 heteroatoms. The van der Waals surface area contributed by atoms with Gasteiger partial charge >= 0.3 is 6.03 Å². The van der Waals surface area contributed by atoms with Crippen LogP contribution in [-0.4, -0.2) is 17.0 Å². The van der Waals surface area contributed by atoms with Gasteiger partial charge < -0.3 is 10.4 Å². The fourth-order valence-electron chi connectivity index (χ4n) is 1.89. The first-order valence-electron chi connectivity index (χ1n) is 5.01. The highest BCUT2D eigenvalue weighted by Crippen LogP contribution is 2.29. The molecule has 1 aliphatic heterocycles. The molecule has 3 amide bonds. The molecule has 0 unspecified atom stereocenters. The topological polar surface area (TPSA) is 78.4 Å². The number of amides is 3. The van der Waals surface area contributed by atoms with Gasteiger partial charge in [-0.05, 0) is 24.1 Å². The maximum absolute atomic E-state index is 11.8. The van der Waals surface area contributed by atoms with E-state index in [1.165, 1.54) is 12.1 Å². The van der Waals surface area contributed by atoms with E-state index in [1.54, 1.807) is 12.1 Å². The second kappa shape index (κ2) is 3.52. The van der Waals surface area contributed by atoms with Crippen LogP contribution >= 0.6 is 0 Å². The van der Waals surface area contributed by atoms with Crippen LogP contribution in [0.3, 0.4) is 0 Å². The number of nitrogens with one attached hydrogen (secondary N) is 2. The number of phenols is 1. The summed E-state index contributed by atoms with van der Waals surface area (Å²) in [5.41, 5.74) is -0.346. The van der Waals surface area contributed by atoms with Crippen LogP contribution in [0.1, 0.15) is 18.9 Å². The third-order valence-corrected chi connectivity index (χ3v) is 2.83. The van der Waals surface area contributed by atoms with E-state index in [2.05, 4.69) is 10.6 Å². The lowest BCUT2D eigenvalue weighted by Gasteiger charge is -2.24. The first-order chi connectivity index (χ1) is 7.58. The maximum Gasteiger partial charge on any atom is 0.322 e. The molecule has 1 heterocycles. The lowest BCUT2D eigenvalue weighted by atomic mass is 9.87. The molecule has 1 aromatic rings. The summed E-state index contributed by atoms with van der Waals surface area (Å²) in [4.78, 5) is 22.9. The summed E-state index contributed by atoms with van der Waals surface area (Å²) in [6, 6.07) is 5.75. The molecule has 0 spiro atoms. The summed E-state index contributed by atoms with van der Waals surface area (Å²) < 4.78 is 0. The van der Waals surface area contributed by atoms with Gasteiger partial charge in [0.15, 0.2) is 0 Å². The highest BCUT2D eigenvalue weighted by molar-refractivity contribution is 6.07. The molecular weight excluding hydrogens is 208 g/mol. The average molecular weight is 220 g/mol. The highest BCUT2D eigenvalue weighted by Gasteiger charge is 2.45. The number of urea groups is 1. The second-order valence-electron chi connectivity index (χ2n) is 3.71. The van der Waals surface area contributed by atoms with Crippen molar-refractivity contribution in [3.8, 4) is 5.75 Å². The Kier molecular flexibility index (Phi) is 2.30. The van der Waals surface area contributed by atoms with Gasteiger partial charge in [-0.25, -0.2) is 4.79 Å². The van der Waals surface area contributed by atoms with Crippen molar-refractivity contribution < 1.29 is 14.7 Å². The van der Waals surface area contributed by atoms with Crippen molar-refractivity contribution in [3.05, 3.63) is 29.8 Å². The van der Waals surface area contributed by atoms with Gasteiger partial charge in [-0.1, -0.05) is 19.1 Å². The molecule has 0 bridgehead atoms. The molecule has 1 fully saturated rings. The molecule has 1 aromatic carbocycles. The van der Waals surface area contributed by atoms with Gasteiger partial charge in [-0.15, -0.1) is 0 Å². The van der Waals surface area contributed by atoms with Crippen molar-refractivity contribution in [3.63, 3.8) is 0 Å². The fourth-order valence-corrected chi connectivity index (χ4v) is 1.89. The lowest BCUT2D eigenvalue weighted by molar-refractivity contribution is -0.124. The van der Waals surface area contributed by atoms with Crippen LogP contribution in [0.5, 0.6) is 5.75 Å². The Bertz CT molecular complexity index is 441. The molecule has 0 saturated carbocycles. The SMILES string of the molecule is CC[C@]1(c2ccc(O)cc2)NC(=O)NC1=O. The Balaban J connectivity index is 2.46. The number of phenolic OH excluding ortho intramolecular Hbond substituents is 1. The molecule has 3 N–H and O–H groups in total. The zero-order valence-corrected chi connectivity index (χ0v) is 8.78. The molecule has 84 valence electrons. The lowest BCUT2D eigenvalue weighted by Crippen LogP contribution is -2.43. The molecule has 16 heavy (non-hydrogen) atoms. The van der Waals surface area contributed by atoms with Gasteiger partial charge in [0.1, 0.15) is 11.3 Å². The first-order valence-corrected chi connectivity index (χ1v) is 5.01. The normalized spacial score (nSPS) is 24.1. The summed E-state index contributed by atoms with van der Waals surface area (Å²) in [6.45, 7) is 1.82. The van der Waals surface area contributed by atoms with E-state index in [1.807, 2.05) is 6.92 Å². The van der Waals surface area contributed by atoms with Crippen molar-refractivity contribution >= 4 is 11.9 Å². The van der Waals surface area contributed by atoms with Crippen molar-refractivity contribution in [2.24, 2.45) is 0 Å². The average Bonchev–Trinajstić information content (AvgIpc) is 2.55. The molecule has 1 aliphatic rings. The van der Waals surface area contributed by atoms with Crippen LogP contribution in [0.4, 0.5) is 4.79 Å². The minimum Gasteiger partial charge on any atom is -0.508 e. The maximum atomic E-state index is 11.8. The zero-order chi connectivity index (χ0) is 11.8. The highest BCUT2D eigenvalue weighted by atomic mass is 16.3. The minimum absolute atomic E-state index is 0.125. The largest absolute Gasteiger partial charge is 0.508 e. The number of aromatic hydroxyl groups is 1. The van der Waals surface area contributed by atoms with Gasteiger partial charge in [-0.2, -0.15) is 0 Å². The molecule has 0 aromatic heterocycles. The number of carbonyl (C=O) groups excluding carboxylic acids is 2. The van der Waals surface area contributed by atoms with E-state index in [9.17, 15) is 14.7 Å². The van der Waals surface area contributed by atoms with Gasteiger partial charge in [0.05, 0.1) is 0 Å². The summed E-state index contributed by atoms with van der Waals surface area (Å²) in [6.07, 6.45) is 0.454. The molecule has 1 saturated heterocycles. The smallest absolute Gasteiger partial charge is 0.322 e. The van der Waals surface area contributed by atoms with E-state index in [-0.39, 0.29) is 11.7 Å². The molecule has 0 aliphatic carbocycles. The van der Waals surface area contributed by atoms with Crippen molar-refractivity contribution in [2.75, 3.05) is 0 Å². The summed E-state index contributed by atoms with van der Waals surface area (Å²) >= 11 is 0. The van der Waals surface area contributed by atoms with Gasteiger partial charge in [0.2, 0.25) is 0 Å². The number of rotatable bonds is 2. The van der Waals surface area contributed by atoms with E-state index in [4.69, 9.17) is 0 Å². The number of imide groups is 1. The molecular formula is C11H12N2O3. The van der Waals surface area contributed by atoms with Crippen LogP contribution in [0, 0.1) is 0 Å². The van der Waals surface area contributed by atoms with Crippen molar-refractivity contribution in [1.29, 1.82) is 0 Å². The summed E-state index contributed by atoms with van der Waals surface area (Å²) in [5.74, 6) is -0.231. The van der Waals surface area contributed by atoms with E-state index in [0.717, 1.165) is 0 Å². The van der Waals surface area contributed by atoms with Crippen LogP contribution in [0.2, 0.25) is 0 Å². The van der Waals surface area contributed by atoms with Crippen LogP contribution in [0.15, 0.2) is 24.3 Å². The van der Waals surface area contributed by atoms with Crippen molar-refractivity contribution in [1.82, 2.24) is 10.6 Å². The Morgan fingerprint density at radius 2 is 1.88 bits per heavy atom. The van der Waals surface area contributed by atoms with E-state index < -0.39 is 11.6 Å². The Morgan fingerprint density at radius 1 is 1.25 bits per heavy atom. The summed E-state index contributed by atoms with van der Waals surface area (Å²) in [7, 11) is 0. The van der Waals surface area contributed by atoms with E-state index in [0.29, 0.717) is 12.0 Å². The van der Waals surface area contributed by atoms with Gasteiger partial charge in [0, 0.05) is 0 Å². The monoisotopic (exact) mass is 220 g/mol. The van der Waals surface area contributed by atoms with Crippen LogP contribution in [-0.2, 0) is 10.3 Å². The van der Waals surface area contributed by atoms with Crippen LogP contribution < -0.4 is 10.6 Å². The molecule has 5 nitrogen and oxygen atoms in total. The number of benzene rings is 1. The first kappa shape index (κ1) is 10.5. The Hall–Kier alpha value is -2.04. The third kappa shape index (κ3) is 1.41. The minimum atomic E-state index is -1.01. The third-order valence-electron chi connectivity index (χ3n) is 2.83. The second-order valence-corrected chi connectivity index (χ2v) is 3.71. The van der Waals surface area contributed by atoms with Gasteiger partial charge in [-0.3, -0.25) is 10.1 Å². The fraction of sp³-hybridized carbons (Fsp3) is 0.273. The quantitative estimate of drug-likeness (QED) is 0.646. The van der Waals surface area contributed by atoms with Crippen LogP contribution in [0.25, 0.3) is 0 Å². The number of hydrogen-bond acceptors (Lipinski definition) is 3. The Labute approximate surface area is 92.5 Å². The van der Waals surface area contributed by atoms with Crippen molar-refractivity contribution in [2.45, 2.75) is 18.9 Å². The molecule has 2 rings (SSSR count). The zero-order valence-electron chi connectivity index (χ0n) is 8.78. The standard InChI is InChI=1S/C11H12N2O3/c1-2-11(9(15)12-10(16)13-11)7-3-5-8(14)6-4-7/h3-6,14H,2H2,1H3,(H2,12,13,15,16)/t11-/m1/s1. The predicted molar refractivity (Wildman–Crippen MR) is 56.8 cm³/mol. The molecule has 1 atom stereocenters. The molecule has 0 radical (unpaired) electrons. The summed E-state index contributed by atoms with van der Waals surface area (Å²) in [5, 5.41) is 14.0. The predicted octanol–water partition coefficient (Wildman–Crippen LogP) is 0.837. The van der Waals surface area contributed by atoms with Gasteiger partial charge in [0.25, 0.3) is 5.91 Å². The van der Waals surface area contributed by atoms with E-state index >= 15 is 0 Å².